The van der Waals surface area contributed by atoms with Crippen LogP contribution in [0.2, 0.25) is 5.02 Å². The molecule has 3 rings (SSSR count). The molecule has 0 spiro atoms. The van der Waals surface area contributed by atoms with E-state index in [2.05, 4.69) is 10.4 Å². The van der Waals surface area contributed by atoms with Gasteiger partial charge in [-0.25, -0.2) is 9.48 Å². The third-order valence-electron chi connectivity index (χ3n) is 5.79. The number of nitrogens with zero attached hydrogens (tertiary/aromatic N) is 3. The van der Waals surface area contributed by atoms with Gasteiger partial charge >= 0.3 is 18.0 Å². The molecule has 8 nitrogen and oxygen atoms in total. The number of hydrogen-bond acceptors (Lipinski definition) is 5. The summed E-state index contributed by atoms with van der Waals surface area (Å²) < 4.78 is 79.7. The lowest BCUT2D eigenvalue weighted by Gasteiger charge is -2.19. The molecule has 1 aromatic heterocycles. The first kappa shape index (κ1) is 30.9. The molecule has 0 aliphatic carbocycles. The molecule has 0 saturated heterocycles. The van der Waals surface area contributed by atoms with E-state index in [1.807, 2.05) is 0 Å². The fraction of sp³-hybridized carbons (Fsp3) is 0.360. The Hall–Kier alpha value is -3.65. The van der Waals surface area contributed by atoms with Crippen LogP contribution in [0.1, 0.15) is 36.9 Å². The van der Waals surface area contributed by atoms with Gasteiger partial charge in [0.1, 0.15) is 6.54 Å². The second kappa shape index (κ2) is 12.3. The molecule has 0 aliphatic rings. The summed E-state index contributed by atoms with van der Waals surface area (Å²) in [6.07, 6.45) is -13.0. The predicted molar refractivity (Wildman–Crippen MR) is 131 cm³/mol. The maximum atomic E-state index is 13.1. The van der Waals surface area contributed by atoms with Crippen molar-refractivity contribution in [2.45, 2.75) is 57.4 Å². The number of halogens is 7. The van der Waals surface area contributed by atoms with Crippen molar-refractivity contribution < 1.29 is 41.0 Å². The minimum atomic E-state index is -5.03. The van der Waals surface area contributed by atoms with Gasteiger partial charge in [0.05, 0.1) is 18.2 Å². The molecule has 2 aromatic carbocycles. The molecular weight excluding hydrogens is 570 g/mol. The smallest absolute Gasteiger partial charge is 0.382 e. The third kappa shape index (κ3) is 7.94. The number of nitrogens with one attached hydrogen (secondary N) is 1. The molecule has 3 aromatic rings. The molecule has 1 amide bonds. The number of carbonyl (C=O) groups is 2. The fourth-order valence-corrected chi connectivity index (χ4v) is 3.97. The lowest BCUT2D eigenvalue weighted by Crippen LogP contribution is -2.37. The van der Waals surface area contributed by atoms with Gasteiger partial charge in [-0.05, 0) is 48.4 Å². The van der Waals surface area contributed by atoms with Crippen molar-refractivity contribution in [3.8, 4) is 11.4 Å². The normalized spacial score (nSPS) is 13.6. The lowest BCUT2D eigenvalue weighted by molar-refractivity contribution is -0.207. The zero-order chi connectivity index (χ0) is 29.8. The highest BCUT2D eigenvalue weighted by molar-refractivity contribution is 6.30. The van der Waals surface area contributed by atoms with Gasteiger partial charge in [0.25, 0.3) is 0 Å². The number of aliphatic hydroxyl groups excluding tert-OH is 1. The first-order valence-electron chi connectivity index (χ1n) is 11.7. The zero-order valence-electron chi connectivity index (χ0n) is 20.8. The number of ketones is 1. The van der Waals surface area contributed by atoms with Gasteiger partial charge in [-0.15, -0.1) is 5.10 Å². The summed E-state index contributed by atoms with van der Waals surface area (Å²) in [6.45, 7) is -0.707. The highest BCUT2D eigenvalue weighted by atomic mass is 35.5. The molecule has 2 atom stereocenters. The van der Waals surface area contributed by atoms with E-state index in [9.17, 15) is 45.8 Å². The second-order valence-electron chi connectivity index (χ2n) is 8.89. The van der Waals surface area contributed by atoms with Gasteiger partial charge in [-0.2, -0.15) is 26.3 Å². The topological polar surface area (TPSA) is 106 Å². The van der Waals surface area contributed by atoms with Crippen LogP contribution in [0.4, 0.5) is 26.3 Å². The van der Waals surface area contributed by atoms with E-state index in [1.54, 1.807) is 0 Å². The SMILES string of the molecule is CC(=O)NC(CCC(=O)Cn1nc(-c2ccc(Cl)cc2)n(C[C@H](O)C(F)(F)F)c1=O)c1cccc(C(F)(F)F)c1. The summed E-state index contributed by atoms with van der Waals surface area (Å²) >= 11 is 5.85. The summed E-state index contributed by atoms with van der Waals surface area (Å²) in [5, 5.41) is 16.3. The average Bonchev–Trinajstić information content (AvgIpc) is 3.15. The Bertz CT molecular complexity index is 1420. The van der Waals surface area contributed by atoms with Crippen LogP contribution in [0, 0.1) is 0 Å². The van der Waals surface area contributed by atoms with Crippen LogP contribution < -0.4 is 11.0 Å². The van der Waals surface area contributed by atoms with E-state index in [0.29, 0.717) is 14.3 Å². The van der Waals surface area contributed by atoms with Crippen molar-refractivity contribution in [3.05, 3.63) is 75.2 Å². The van der Waals surface area contributed by atoms with E-state index >= 15 is 0 Å². The van der Waals surface area contributed by atoms with Crippen LogP contribution in [0.15, 0.2) is 53.3 Å². The molecule has 216 valence electrons. The number of benzene rings is 2. The van der Waals surface area contributed by atoms with Crippen molar-refractivity contribution >= 4 is 23.3 Å². The van der Waals surface area contributed by atoms with E-state index in [4.69, 9.17) is 11.6 Å². The zero-order valence-corrected chi connectivity index (χ0v) is 21.5. The molecule has 1 heterocycles. The lowest BCUT2D eigenvalue weighted by atomic mass is 9.98. The van der Waals surface area contributed by atoms with E-state index in [0.717, 1.165) is 25.1 Å². The average molecular weight is 593 g/mol. The van der Waals surface area contributed by atoms with E-state index in [1.165, 1.54) is 30.3 Å². The Morgan fingerprint density at radius 2 is 1.73 bits per heavy atom. The van der Waals surface area contributed by atoms with Gasteiger partial charge < -0.3 is 10.4 Å². The number of hydrogen-bond donors (Lipinski definition) is 2. The molecule has 0 bridgehead atoms. The Morgan fingerprint density at radius 1 is 1.07 bits per heavy atom. The first-order valence-corrected chi connectivity index (χ1v) is 12.1. The molecule has 0 aliphatic heterocycles. The summed E-state index contributed by atoms with van der Waals surface area (Å²) in [6, 6.07) is 8.85. The highest BCUT2D eigenvalue weighted by Crippen LogP contribution is 2.31. The number of carbonyl (C=O) groups excluding carboxylic acids is 2. The monoisotopic (exact) mass is 592 g/mol. The Balaban J connectivity index is 1.84. The Morgan fingerprint density at radius 3 is 2.30 bits per heavy atom. The van der Waals surface area contributed by atoms with Crippen LogP contribution in [0.3, 0.4) is 0 Å². The van der Waals surface area contributed by atoms with Crippen molar-refractivity contribution in [2.75, 3.05) is 0 Å². The van der Waals surface area contributed by atoms with Crippen molar-refractivity contribution in [2.24, 2.45) is 0 Å². The van der Waals surface area contributed by atoms with Crippen LogP contribution >= 0.6 is 11.6 Å². The predicted octanol–water partition coefficient (Wildman–Crippen LogP) is 4.53. The van der Waals surface area contributed by atoms with Gasteiger partial charge in [-0.3, -0.25) is 14.2 Å². The highest BCUT2D eigenvalue weighted by Gasteiger charge is 2.39. The van der Waals surface area contributed by atoms with Gasteiger partial charge in [0.2, 0.25) is 5.91 Å². The number of amides is 1. The van der Waals surface area contributed by atoms with Gasteiger partial charge in [-0.1, -0.05) is 23.7 Å². The molecule has 0 fully saturated rings. The Kier molecular flexibility index (Phi) is 9.46. The van der Waals surface area contributed by atoms with Crippen LogP contribution in [0.25, 0.3) is 11.4 Å². The summed E-state index contributed by atoms with van der Waals surface area (Å²) in [5.74, 6) is -1.44. The quantitative estimate of drug-likeness (QED) is 0.337. The van der Waals surface area contributed by atoms with Gasteiger partial charge in [0.15, 0.2) is 17.7 Å². The number of aromatic nitrogens is 3. The molecule has 40 heavy (non-hydrogen) atoms. The van der Waals surface area contributed by atoms with Crippen LogP contribution in [-0.2, 0) is 28.9 Å². The maximum Gasteiger partial charge on any atom is 0.416 e. The third-order valence-corrected chi connectivity index (χ3v) is 6.04. The molecule has 2 N–H and O–H groups in total. The van der Waals surface area contributed by atoms with Crippen molar-refractivity contribution in [3.63, 3.8) is 0 Å². The first-order chi connectivity index (χ1) is 18.6. The number of rotatable bonds is 10. The van der Waals surface area contributed by atoms with Crippen molar-refractivity contribution in [1.29, 1.82) is 0 Å². The number of Topliss-reactive ketones (excluding diaryl/α,β-unsaturated/α-hetero) is 1. The number of alkyl halides is 6. The van der Waals surface area contributed by atoms with Crippen molar-refractivity contribution in [1.82, 2.24) is 19.7 Å². The molecule has 1 unspecified atom stereocenters. The molecular formula is C25H23ClF6N4O4. The summed E-state index contributed by atoms with van der Waals surface area (Å²) in [4.78, 5) is 37.3. The molecule has 0 radical (unpaired) electrons. The van der Waals surface area contributed by atoms with E-state index in [-0.39, 0.29) is 29.8 Å². The largest absolute Gasteiger partial charge is 0.416 e. The maximum absolute atomic E-state index is 13.1. The van der Waals surface area contributed by atoms with E-state index < -0.39 is 60.5 Å². The summed E-state index contributed by atoms with van der Waals surface area (Å²) in [7, 11) is 0. The standard InChI is InChI=1S/C25H23ClF6N4O4/c1-14(37)33-20(16-3-2-4-17(11-16)24(27,28)29)10-9-19(38)12-36-23(40)35(13-21(39)25(30,31)32)22(34-36)15-5-7-18(26)8-6-15/h2-8,11,20-21,39H,9-10,12-13H2,1H3,(H,33,37)/t20?,21-/m0/s1. The van der Waals surface area contributed by atoms with Crippen LogP contribution in [0.5, 0.6) is 0 Å². The Labute approximate surface area is 228 Å². The minimum Gasteiger partial charge on any atom is -0.382 e. The minimum absolute atomic E-state index is 0.102. The van der Waals surface area contributed by atoms with Gasteiger partial charge in [0, 0.05) is 23.9 Å². The molecule has 15 heteroatoms. The second-order valence-corrected chi connectivity index (χ2v) is 9.33. The molecule has 0 saturated carbocycles. The summed E-state index contributed by atoms with van der Waals surface area (Å²) in [5.41, 5.74) is -1.75. The van der Waals surface area contributed by atoms with Crippen LogP contribution in [-0.4, -0.2) is 43.4 Å². The fourth-order valence-electron chi connectivity index (χ4n) is 3.85. The number of aliphatic hydroxyl groups is 1.